The fourth-order valence-corrected chi connectivity index (χ4v) is 4.38. The van der Waals surface area contributed by atoms with Crippen LogP contribution in [0, 0.1) is 11.3 Å². The van der Waals surface area contributed by atoms with E-state index in [9.17, 15) is 0 Å². The Morgan fingerprint density at radius 3 is 2.76 bits per heavy atom. The van der Waals surface area contributed by atoms with Gasteiger partial charge in [-0.05, 0) is 55.6 Å². The van der Waals surface area contributed by atoms with Gasteiger partial charge < -0.3 is 10.2 Å². The first kappa shape index (κ1) is 17.0. The minimum absolute atomic E-state index is 0.494. The Morgan fingerprint density at radius 2 is 2.14 bits per heavy atom. The molecule has 0 aliphatic heterocycles. The molecule has 1 saturated carbocycles. The highest BCUT2D eigenvalue weighted by Crippen LogP contribution is 2.39. The Labute approximate surface area is 134 Å². The molecular weight excluding hydrogens is 276 g/mol. The normalized spacial score (nSPS) is 26.4. The van der Waals surface area contributed by atoms with Gasteiger partial charge in [-0.15, -0.1) is 11.3 Å². The molecule has 0 radical (unpaired) electrons. The summed E-state index contributed by atoms with van der Waals surface area (Å²) in [5, 5.41) is 5.89. The van der Waals surface area contributed by atoms with E-state index in [0.29, 0.717) is 5.41 Å². The van der Waals surface area contributed by atoms with Gasteiger partial charge in [0.15, 0.2) is 0 Å². The van der Waals surface area contributed by atoms with Crippen LogP contribution in [0.4, 0.5) is 0 Å². The number of nitrogens with one attached hydrogen (secondary N) is 1. The predicted molar refractivity (Wildman–Crippen MR) is 93.9 cm³/mol. The summed E-state index contributed by atoms with van der Waals surface area (Å²) in [6.07, 6.45) is 6.82. The lowest BCUT2D eigenvalue weighted by atomic mass is 9.70. The van der Waals surface area contributed by atoms with Crippen LogP contribution in [0.5, 0.6) is 0 Å². The van der Waals surface area contributed by atoms with E-state index in [2.05, 4.69) is 48.6 Å². The van der Waals surface area contributed by atoms with E-state index >= 15 is 0 Å². The van der Waals surface area contributed by atoms with Crippen molar-refractivity contribution in [3.05, 3.63) is 22.4 Å². The second-order valence-corrected chi connectivity index (χ2v) is 8.14. The van der Waals surface area contributed by atoms with E-state index in [0.717, 1.165) is 19.0 Å². The topological polar surface area (TPSA) is 15.3 Å². The van der Waals surface area contributed by atoms with Crippen molar-refractivity contribution in [2.75, 3.05) is 26.7 Å². The summed E-state index contributed by atoms with van der Waals surface area (Å²) in [6.45, 7) is 9.36. The molecule has 1 aliphatic rings. The lowest BCUT2D eigenvalue weighted by Gasteiger charge is -2.42. The maximum absolute atomic E-state index is 3.70. The SMILES string of the molecule is CCCNCC1(CN(C)Cc2cccs2)CCC(C)CC1. The van der Waals surface area contributed by atoms with Crippen LogP contribution in [-0.4, -0.2) is 31.6 Å². The molecule has 3 heteroatoms. The van der Waals surface area contributed by atoms with Crippen LogP contribution in [0.15, 0.2) is 17.5 Å². The first-order valence-electron chi connectivity index (χ1n) is 8.55. The third-order valence-electron chi connectivity index (χ3n) is 4.87. The maximum atomic E-state index is 3.70. The fraction of sp³-hybridized carbons (Fsp3) is 0.778. The summed E-state index contributed by atoms with van der Waals surface area (Å²) in [7, 11) is 2.29. The van der Waals surface area contributed by atoms with Crippen LogP contribution in [0.1, 0.15) is 50.8 Å². The highest BCUT2D eigenvalue weighted by molar-refractivity contribution is 7.09. The quantitative estimate of drug-likeness (QED) is 0.717. The summed E-state index contributed by atoms with van der Waals surface area (Å²) < 4.78 is 0. The third-order valence-corrected chi connectivity index (χ3v) is 5.73. The highest BCUT2D eigenvalue weighted by atomic mass is 32.1. The van der Waals surface area contributed by atoms with E-state index < -0.39 is 0 Å². The number of nitrogens with zero attached hydrogens (tertiary/aromatic N) is 1. The van der Waals surface area contributed by atoms with E-state index in [1.807, 2.05) is 11.3 Å². The van der Waals surface area contributed by atoms with Crippen LogP contribution >= 0.6 is 11.3 Å². The Bertz CT molecular complexity index is 380. The van der Waals surface area contributed by atoms with Crippen LogP contribution in [-0.2, 0) is 6.54 Å². The van der Waals surface area contributed by atoms with Crippen LogP contribution < -0.4 is 5.32 Å². The van der Waals surface area contributed by atoms with Gasteiger partial charge in [0.1, 0.15) is 0 Å². The minimum Gasteiger partial charge on any atom is -0.316 e. The van der Waals surface area contributed by atoms with Gasteiger partial charge in [-0.25, -0.2) is 0 Å². The molecular formula is C18H32N2S. The Hall–Kier alpha value is -0.380. The molecule has 21 heavy (non-hydrogen) atoms. The molecule has 1 fully saturated rings. The molecule has 1 aromatic heterocycles. The van der Waals surface area contributed by atoms with E-state index in [-0.39, 0.29) is 0 Å². The van der Waals surface area contributed by atoms with Gasteiger partial charge in [0, 0.05) is 24.5 Å². The third kappa shape index (κ3) is 5.39. The van der Waals surface area contributed by atoms with Gasteiger partial charge in [-0.2, -0.15) is 0 Å². The van der Waals surface area contributed by atoms with Crippen LogP contribution in [0.2, 0.25) is 0 Å². The summed E-state index contributed by atoms with van der Waals surface area (Å²) >= 11 is 1.88. The van der Waals surface area contributed by atoms with E-state index in [4.69, 9.17) is 0 Å². The molecule has 2 rings (SSSR count). The zero-order chi connectivity index (χ0) is 15.1. The largest absolute Gasteiger partial charge is 0.316 e. The van der Waals surface area contributed by atoms with Crippen molar-refractivity contribution in [1.82, 2.24) is 10.2 Å². The molecule has 0 amide bonds. The molecule has 2 nitrogen and oxygen atoms in total. The van der Waals surface area contributed by atoms with Crippen LogP contribution in [0.25, 0.3) is 0 Å². The average Bonchev–Trinajstić information content (AvgIpc) is 2.95. The van der Waals surface area contributed by atoms with Crippen molar-refractivity contribution in [3.8, 4) is 0 Å². The first-order valence-corrected chi connectivity index (χ1v) is 9.43. The molecule has 0 atom stereocenters. The van der Waals surface area contributed by atoms with Gasteiger partial charge >= 0.3 is 0 Å². The molecule has 1 aliphatic carbocycles. The Morgan fingerprint density at radius 1 is 1.38 bits per heavy atom. The van der Waals surface area contributed by atoms with Crippen molar-refractivity contribution in [2.24, 2.45) is 11.3 Å². The lowest BCUT2D eigenvalue weighted by molar-refractivity contribution is 0.0964. The van der Waals surface area contributed by atoms with Gasteiger partial charge in [-0.3, -0.25) is 0 Å². The van der Waals surface area contributed by atoms with Gasteiger partial charge in [0.25, 0.3) is 0 Å². The van der Waals surface area contributed by atoms with Gasteiger partial charge in [-0.1, -0.05) is 32.8 Å². The molecule has 0 spiro atoms. The van der Waals surface area contributed by atoms with Crippen molar-refractivity contribution in [3.63, 3.8) is 0 Å². The maximum Gasteiger partial charge on any atom is 0.0325 e. The number of hydrogen-bond donors (Lipinski definition) is 1. The second kappa shape index (κ2) is 8.30. The first-order chi connectivity index (χ1) is 10.1. The summed E-state index contributed by atoms with van der Waals surface area (Å²) in [4.78, 5) is 4.02. The average molecular weight is 309 g/mol. The lowest BCUT2D eigenvalue weighted by Crippen LogP contribution is -2.45. The number of rotatable bonds is 8. The van der Waals surface area contributed by atoms with E-state index in [1.165, 1.54) is 50.1 Å². The zero-order valence-corrected chi connectivity index (χ0v) is 14.8. The standard InChI is InChI=1S/C18H32N2S/c1-4-11-19-14-18(9-7-16(2)8-10-18)15-20(3)13-17-6-5-12-21-17/h5-6,12,16,19H,4,7-11,13-15H2,1-3H3. The summed E-state index contributed by atoms with van der Waals surface area (Å²) in [5.41, 5.74) is 0.494. The Kier molecular flexibility index (Phi) is 6.72. The monoisotopic (exact) mass is 308 g/mol. The molecule has 120 valence electrons. The molecule has 0 unspecified atom stereocenters. The smallest absolute Gasteiger partial charge is 0.0325 e. The zero-order valence-electron chi connectivity index (χ0n) is 14.0. The van der Waals surface area contributed by atoms with Crippen molar-refractivity contribution < 1.29 is 0 Å². The number of thiophene rings is 1. The fourth-order valence-electron chi connectivity index (χ4n) is 3.59. The highest BCUT2D eigenvalue weighted by Gasteiger charge is 2.34. The van der Waals surface area contributed by atoms with E-state index in [1.54, 1.807) is 0 Å². The van der Waals surface area contributed by atoms with Crippen molar-refractivity contribution >= 4 is 11.3 Å². The van der Waals surface area contributed by atoms with Gasteiger partial charge in [0.2, 0.25) is 0 Å². The van der Waals surface area contributed by atoms with Gasteiger partial charge in [0.05, 0.1) is 0 Å². The van der Waals surface area contributed by atoms with Crippen molar-refractivity contribution in [1.29, 1.82) is 0 Å². The molecule has 1 aromatic rings. The molecule has 1 N–H and O–H groups in total. The summed E-state index contributed by atoms with van der Waals surface area (Å²) in [6, 6.07) is 4.42. The molecule has 0 bridgehead atoms. The second-order valence-electron chi connectivity index (χ2n) is 7.11. The molecule has 1 heterocycles. The number of hydrogen-bond acceptors (Lipinski definition) is 3. The predicted octanol–water partition coefficient (Wildman–Crippen LogP) is 4.38. The molecule has 0 saturated heterocycles. The minimum atomic E-state index is 0.494. The Balaban J connectivity index is 1.91. The summed E-state index contributed by atoms with van der Waals surface area (Å²) in [5.74, 6) is 0.923. The molecule has 0 aromatic carbocycles. The van der Waals surface area contributed by atoms with Crippen LogP contribution in [0.3, 0.4) is 0 Å². The van der Waals surface area contributed by atoms with Crippen molar-refractivity contribution in [2.45, 2.75) is 52.5 Å².